The molecule has 4 aromatic rings. The van der Waals surface area contributed by atoms with Crippen LogP contribution in [0.25, 0.3) is 22.6 Å². The Kier molecular flexibility index (Phi) is 8.11. The number of hydrogen-bond donors (Lipinski definition) is 0. The molecule has 1 aliphatic heterocycles. The number of nitrogens with zero attached hydrogens (tertiary/aromatic N) is 5. The summed E-state index contributed by atoms with van der Waals surface area (Å²) in [5.74, 6) is 0.743. The number of rotatable bonds is 6. The molecule has 1 fully saturated rings. The van der Waals surface area contributed by atoms with Gasteiger partial charge in [-0.3, -0.25) is 0 Å². The minimum atomic E-state index is -4.48. The maximum absolute atomic E-state index is 13.5. The standard InChI is InChI=1S/C29H28F3N5O2S/c1-36-25(23-11-14-33-27(34-23)40-2)24(21-9-6-10-22(17-21)29(30,31)32)35-26(36)20-12-15-37(16-13-20)28(38)39-18-19-7-4-3-5-8-19/h3-11,14,17,20H,12-13,15-16,18H2,1-2H3. The van der Waals surface area contributed by atoms with E-state index in [1.54, 1.807) is 23.2 Å². The van der Waals surface area contributed by atoms with Gasteiger partial charge in [0.1, 0.15) is 12.4 Å². The first-order valence-corrected chi connectivity index (χ1v) is 14.0. The number of thioether (sulfide) groups is 1. The highest BCUT2D eigenvalue weighted by atomic mass is 32.2. The van der Waals surface area contributed by atoms with E-state index in [1.807, 2.05) is 48.2 Å². The number of carbonyl (C=O) groups excluding carboxylic acids is 1. The van der Waals surface area contributed by atoms with Crippen LogP contribution in [-0.4, -0.2) is 49.9 Å². The fourth-order valence-corrected chi connectivity index (χ4v) is 5.28. The molecular weight excluding hydrogens is 539 g/mol. The molecule has 11 heteroatoms. The van der Waals surface area contributed by atoms with Gasteiger partial charge in [-0.05, 0) is 42.9 Å². The predicted octanol–water partition coefficient (Wildman–Crippen LogP) is 6.80. The fraction of sp³-hybridized carbons (Fsp3) is 0.310. The van der Waals surface area contributed by atoms with E-state index in [4.69, 9.17) is 9.72 Å². The maximum Gasteiger partial charge on any atom is 0.416 e. The lowest BCUT2D eigenvalue weighted by Crippen LogP contribution is -2.38. The average molecular weight is 568 g/mol. The third kappa shape index (κ3) is 5.99. The molecular formula is C29H28F3N5O2S. The number of aromatic nitrogens is 4. The van der Waals surface area contributed by atoms with Gasteiger partial charge in [0.25, 0.3) is 0 Å². The van der Waals surface area contributed by atoms with Gasteiger partial charge in [0, 0.05) is 37.8 Å². The van der Waals surface area contributed by atoms with Crippen LogP contribution in [0.2, 0.25) is 0 Å². The van der Waals surface area contributed by atoms with Crippen molar-refractivity contribution in [2.24, 2.45) is 7.05 Å². The normalized spacial score (nSPS) is 14.4. The number of hydrogen-bond acceptors (Lipinski definition) is 6. The van der Waals surface area contributed by atoms with E-state index >= 15 is 0 Å². The summed E-state index contributed by atoms with van der Waals surface area (Å²) in [6.45, 7) is 1.19. The summed E-state index contributed by atoms with van der Waals surface area (Å²) < 4.78 is 48.0. The van der Waals surface area contributed by atoms with Crippen molar-refractivity contribution in [2.45, 2.75) is 36.7 Å². The van der Waals surface area contributed by atoms with Gasteiger partial charge in [-0.25, -0.2) is 19.7 Å². The highest BCUT2D eigenvalue weighted by Crippen LogP contribution is 2.38. The Hall–Kier alpha value is -3.86. The van der Waals surface area contributed by atoms with Crippen LogP contribution in [0, 0.1) is 0 Å². The minimum absolute atomic E-state index is 0.00308. The van der Waals surface area contributed by atoms with Crippen molar-refractivity contribution in [3.63, 3.8) is 0 Å². The zero-order valence-electron chi connectivity index (χ0n) is 22.1. The molecule has 0 N–H and O–H groups in total. The van der Waals surface area contributed by atoms with Gasteiger partial charge >= 0.3 is 12.3 Å². The molecule has 40 heavy (non-hydrogen) atoms. The van der Waals surface area contributed by atoms with Crippen molar-refractivity contribution in [1.82, 2.24) is 24.4 Å². The molecule has 1 saturated heterocycles. The molecule has 0 spiro atoms. The molecule has 2 aromatic carbocycles. The SMILES string of the molecule is CSc1nccc(-c2c(-c3cccc(C(F)(F)F)c3)nc(C3CCN(C(=O)OCc4ccccc4)CC3)n2C)n1. The van der Waals surface area contributed by atoms with Crippen molar-refractivity contribution >= 4 is 17.9 Å². The van der Waals surface area contributed by atoms with Gasteiger partial charge in [-0.2, -0.15) is 13.2 Å². The van der Waals surface area contributed by atoms with Crippen LogP contribution in [-0.2, 0) is 24.6 Å². The quantitative estimate of drug-likeness (QED) is 0.189. The monoisotopic (exact) mass is 567 g/mol. The number of piperidine rings is 1. The van der Waals surface area contributed by atoms with E-state index < -0.39 is 11.7 Å². The first-order valence-electron chi connectivity index (χ1n) is 12.8. The fourth-order valence-electron chi connectivity index (χ4n) is 4.92. The third-order valence-electron chi connectivity index (χ3n) is 6.98. The average Bonchev–Trinajstić information content (AvgIpc) is 3.33. The Morgan fingerprint density at radius 2 is 1.80 bits per heavy atom. The molecule has 1 aliphatic rings. The van der Waals surface area contributed by atoms with Crippen LogP contribution in [0.5, 0.6) is 0 Å². The van der Waals surface area contributed by atoms with Crippen LogP contribution >= 0.6 is 11.8 Å². The van der Waals surface area contributed by atoms with Crippen LogP contribution in [0.15, 0.2) is 72.0 Å². The number of alkyl halides is 3. The highest BCUT2D eigenvalue weighted by molar-refractivity contribution is 7.98. The largest absolute Gasteiger partial charge is 0.445 e. The number of amides is 1. The van der Waals surface area contributed by atoms with Gasteiger partial charge in [-0.1, -0.05) is 54.2 Å². The maximum atomic E-state index is 13.5. The third-order valence-corrected chi connectivity index (χ3v) is 7.54. The van der Waals surface area contributed by atoms with E-state index in [0.29, 0.717) is 53.7 Å². The summed E-state index contributed by atoms with van der Waals surface area (Å²) in [6, 6.07) is 16.4. The number of imidazole rings is 1. The zero-order chi connectivity index (χ0) is 28.3. The summed E-state index contributed by atoms with van der Waals surface area (Å²) in [5, 5.41) is 0.553. The molecule has 5 rings (SSSR count). The summed E-state index contributed by atoms with van der Waals surface area (Å²) in [6.07, 6.45) is -0.0511. The molecule has 1 amide bonds. The van der Waals surface area contributed by atoms with Crippen molar-refractivity contribution in [2.75, 3.05) is 19.3 Å². The van der Waals surface area contributed by atoms with Crippen molar-refractivity contribution in [1.29, 1.82) is 0 Å². The van der Waals surface area contributed by atoms with Crippen molar-refractivity contribution in [3.05, 3.63) is 83.8 Å². The number of benzene rings is 2. The van der Waals surface area contributed by atoms with Crippen LogP contribution in [0.1, 0.15) is 35.7 Å². The Morgan fingerprint density at radius 3 is 2.50 bits per heavy atom. The lowest BCUT2D eigenvalue weighted by atomic mass is 9.96. The second-order valence-corrected chi connectivity index (χ2v) is 10.3. The van der Waals surface area contributed by atoms with E-state index in [2.05, 4.69) is 9.97 Å². The molecule has 3 heterocycles. The van der Waals surface area contributed by atoms with Crippen molar-refractivity contribution in [3.8, 4) is 22.6 Å². The second-order valence-electron chi connectivity index (χ2n) is 9.53. The molecule has 0 atom stereocenters. The summed E-state index contributed by atoms with van der Waals surface area (Å²) in [7, 11) is 1.86. The van der Waals surface area contributed by atoms with E-state index in [-0.39, 0.29) is 18.6 Å². The second kappa shape index (κ2) is 11.7. The Morgan fingerprint density at radius 1 is 1.05 bits per heavy atom. The smallest absolute Gasteiger partial charge is 0.416 e. The number of ether oxygens (including phenoxy) is 1. The first kappa shape index (κ1) is 27.7. The summed E-state index contributed by atoms with van der Waals surface area (Å²) >= 11 is 1.38. The van der Waals surface area contributed by atoms with E-state index in [1.165, 1.54) is 17.8 Å². The molecule has 2 aromatic heterocycles. The van der Waals surface area contributed by atoms with Gasteiger partial charge in [0.2, 0.25) is 0 Å². The summed E-state index contributed by atoms with van der Waals surface area (Å²) in [4.78, 5) is 28.1. The van der Waals surface area contributed by atoms with Gasteiger partial charge in [-0.15, -0.1) is 0 Å². The lowest BCUT2D eigenvalue weighted by molar-refractivity contribution is -0.137. The molecule has 0 aliphatic carbocycles. The predicted molar refractivity (Wildman–Crippen MR) is 147 cm³/mol. The van der Waals surface area contributed by atoms with E-state index in [0.717, 1.165) is 23.5 Å². The minimum Gasteiger partial charge on any atom is -0.445 e. The Balaban J connectivity index is 1.41. The van der Waals surface area contributed by atoms with Crippen LogP contribution in [0.4, 0.5) is 18.0 Å². The topological polar surface area (TPSA) is 73.1 Å². The van der Waals surface area contributed by atoms with Gasteiger partial charge in [0.15, 0.2) is 5.16 Å². The molecule has 208 valence electrons. The highest BCUT2D eigenvalue weighted by Gasteiger charge is 2.33. The first-order chi connectivity index (χ1) is 19.2. The Bertz CT molecular complexity index is 1480. The molecule has 0 bridgehead atoms. The van der Waals surface area contributed by atoms with Crippen LogP contribution < -0.4 is 0 Å². The van der Waals surface area contributed by atoms with Crippen molar-refractivity contribution < 1.29 is 22.7 Å². The number of halogens is 3. The lowest BCUT2D eigenvalue weighted by Gasteiger charge is -2.31. The molecule has 0 unspecified atom stereocenters. The molecule has 7 nitrogen and oxygen atoms in total. The number of carbonyl (C=O) groups is 1. The van der Waals surface area contributed by atoms with Gasteiger partial charge in [0.05, 0.1) is 22.6 Å². The van der Waals surface area contributed by atoms with Gasteiger partial charge < -0.3 is 14.2 Å². The number of likely N-dealkylation sites (tertiary alicyclic amines) is 1. The summed E-state index contributed by atoms with van der Waals surface area (Å²) in [5.41, 5.74) is 2.17. The van der Waals surface area contributed by atoms with E-state index in [9.17, 15) is 18.0 Å². The van der Waals surface area contributed by atoms with Crippen LogP contribution in [0.3, 0.4) is 0 Å². The molecule has 0 saturated carbocycles. The molecule has 0 radical (unpaired) electrons. The zero-order valence-corrected chi connectivity index (χ0v) is 22.9. The Labute approximate surface area is 234 Å².